The van der Waals surface area contributed by atoms with Gasteiger partial charge in [-0.05, 0) is 31.7 Å². The fourth-order valence-corrected chi connectivity index (χ4v) is 1.78. The zero-order valence-corrected chi connectivity index (χ0v) is 11.5. The molecule has 5 heteroatoms. The van der Waals surface area contributed by atoms with Crippen molar-refractivity contribution >= 4 is 0 Å². The van der Waals surface area contributed by atoms with Gasteiger partial charge in [-0.2, -0.15) is 5.10 Å². The van der Waals surface area contributed by atoms with E-state index in [4.69, 9.17) is 4.74 Å². The van der Waals surface area contributed by atoms with Gasteiger partial charge in [0.1, 0.15) is 12.4 Å². The molecule has 0 unspecified atom stereocenters. The van der Waals surface area contributed by atoms with Crippen LogP contribution in [0.25, 0.3) is 0 Å². The first-order valence-electron chi connectivity index (χ1n) is 6.57. The molecule has 0 aliphatic rings. The SMILES string of the molecule is CCNCc1nc(C)ccc1OCCn1cccn1. The molecule has 0 bridgehead atoms. The van der Waals surface area contributed by atoms with Gasteiger partial charge in [0.2, 0.25) is 0 Å². The number of hydrogen-bond acceptors (Lipinski definition) is 4. The third-order valence-electron chi connectivity index (χ3n) is 2.75. The number of nitrogens with zero attached hydrogens (tertiary/aromatic N) is 3. The molecule has 0 saturated heterocycles. The van der Waals surface area contributed by atoms with Crippen molar-refractivity contribution in [3.05, 3.63) is 42.0 Å². The second kappa shape index (κ2) is 6.89. The van der Waals surface area contributed by atoms with Gasteiger partial charge in [0.15, 0.2) is 0 Å². The fraction of sp³-hybridized carbons (Fsp3) is 0.429. The predicted octanol–water partition coefficient (Wildman–Crippen LogP) is 1.78. The number of nitrogens with one attached hydrogen (secondary N) is 1. The quantitative estimate of drug-likeness (QED) is 0.824. The number of hydrogen-bond donors (Lipinski definition) is 1. The van der Waals surface area contributed by atoms with Crippen LogP contribution < -0.4 is 10.1 Å². The molecule has 19 heavy (non-hydrogen) atoms. The molecule has 0 amide bonds. The summed E-state index contributed by atoms with van der Waals surface area (Å²) in [6.45, 7) is 7.04. The van der Waals surface area contributed by atoms with Crippen LogP contribution in [-0.2, 0) is 13.1 Å². The van der Waals surface area contributed by atoms with E-state index in [1.807, 2.05) is 36.0 Å². The molecule has 5 nitrogen and oxygen atoms in total. The molecular formula is C14H20N4O. The summed E-state index contributed by atoms with van der Waals surface area (Å²) in [5, 5.41) is 7.42. The van der Waals surface area contributed by atoms with Crippen molar-refractivity contribution in [3.8, 4) is 5.75 Å². The van der Waals surface area contributed by atoms with Crippen molar-refractivity contribution in [3.63, 3.8) is 0 Å². The van der Waals surface area contributed by atoms with Crippen LogP contribution >= 0.6 is 0 Å². The van der Waals surface area contributed by atoms with Gasteiger partial charge >= 0.3 is 0 Å². The Morgan fingerprint density at radius 2 is 2.26 bits per heavy atom. The molecule has 2 rings (SSSR count). The summed E-state index contributed by atoms with van der Waals surface area (Å²) in [4.78, 5) is 4.52. The van der Waals surface area contributed by atoms with Crippen molar-refractivity contribution < 1.29 is 4.74 Å². The van der Waals surface area contributed by atoms with E-state index in [1.54, 1.807) is 6.20 Å². The van der Waals surface area contributed by atoms with Crippen molar-refractivity contribution in [2.24, 2.45) is 0 Å². The molecule has 0 radical (unpaired) electrons. The van der Waals surface area contributed by atoms with Crippen molar-refractivity contribution in [2.45, 2.75) is 26.9 Å². The highest BCUT2D eigenvalue weighted by molar-refractivity contribution is 5.29. The minimum atomic E-state index is 0.589. The summed E-state index contributed by atoms with van der Waals surface area (Å²) in [6.07, 6.45) is 3.69. The Hall–Kier alpha value is -1.88. The number of pyridine rings is 1. The lowest BCUT2D eigenvalue weighted by atomic mass is 10.3. The standard InChI is InChI=1S/C14H20N4O/c1-3-15-11-13-14(6-5-12(2)17-13)19-10-9-18-8-4-7-16-18/h4-8,15H,3,9-11H2,1-2H3. The Morgan fingerprint density at radius 1 is 1.37 bits per heavy atom. The molecule has 2 aromatic rings. The topological polar surface area (TPSA) is 52.0 Å². The van der Waals surface area contributed by atoms with Crippen molar-refractivity contribution in [1.29, 1.82) is 0 Å². The lowest BCUT2D eigenvalue weighted by molar-refractivity contribution is 0.286. The van der Waals surface area contributed by atoms with Gasteiger partial charge in [-0.25, -0.2) is 0 Å². The fourth-order valence-electron chi connectivity index (χ4n) is 1.78. The number of aromatic nitrogens is 3. The Labute approximate surface area is 113 Å². The lowest BCUT2D eigenvalue weighted by Gasteiger charge is -2.12. The molecule has 102 valence electrons. The molecule has 0 aliphatic heterocycles. The van der Waals surface area contributed by atoms with E-state index < -0.39 is 0 Å². The van der Waals surface area contributed by atoms with Gasteiger partial charge in [-0.3, -0.25) is 9.67 Å². The maximum Gasteiger partial charge on any atom is 0.142 e. The third kappa shape index (κ3) is 4.06. The van der Waals surface area contributed by atoms with Crippen LogP contribution in [-0.4, -0.2) is 27.9 Å². The van der Waals surface area contributed by atoms with Gasteiger partial charge in [-0.1, -0.05) is 6.92 Å². The van der Waals surface area contributed by atoms with E-state index in [-0.39, 0.29) is 0 Å². The first-order chi connectivity index (χ1) is 9.29. The molecule has 0 aliphatic carbocycles. The normalized spacial score (nSPS) is 10.6. The largest absolute Gasteiger partial charge is 0.490 e. The van der Waals surface area contributed by atoms with Gasteiger partial charge in [-0.15, -0.1) is 0 Å². The van der Waals surface area contributed by atoms with E-state index in [0.29, 0.717) is 6.61 Å². The zero-order valence-electron chi connectivity index (χ0n) is 11.5. The summed E-state index contributed by atoms with van der Waals surface area (Å²) < 4.78 is 7.65. The summed E-state index contributed by atoms with van der Waals surface area (Å²) >= 11 is 0. The van der Waals surface area contributed by atoms with Gasteiger partial charge in [0.05, 0.1) is 12.2 Å². The summed E-state index contributed by atoms with van der Waals surface area (Å²) in [5.41, 5.74) is 1.97. The number of aryl methyl sites for hydroxylation is 1. The minimum Gasteiger partial charge on any atom is -0.490 e. The molecule has 0 aromatic carbocycles. The second-order valence-electron chi connectivity index (χ2n) is 4.30. The van der Waals surface area contributed by atoms with E-state index in [2.05, 4.69) is 22.3 Å². The van der Waals surface area contributed by atoms with Crippen LogP contribution in [0.3, 0.4) is 0 Å². The van der Waals surface area contributed by atoms with Gasteiger partial charge in [0, 0.05) is 24.6 Å². The van der Waals surface area contributed by atoms with E-state index in [0.717, 1.165) is 36.8 Å². The average Bonchev–Trinajstić information content (AvgIpc) is 2.91. The second-order valence-corrected chi connectivity index (χ2v) is 4.30. The van der Waals surface area contributed by atoms with Gasteiger partial charge < -0.3 is 10.1 Å². The van der Waals surface area contributed by atoms with Crippen LogP contribution in [0.1, 0.15) is 18.3 Å². The summed E-state index contributed by atoms with van der Waals surface area (Å²) in [6, 6.07) is 5.86. The Balaban J connectivity index is 1.94. The van der Waals surface area contributed by atoms with Crippen LogP contribution in [0.4, 0.5) is 0 Å². The minimum absolute atomic E-state index is 0.589. The highest BCUT2D eigenvalue weighted by Gasteiger charge is 2.05. The molecule has 0 fully saturated rings. The average molecular weight is 260 g/mol. The maximum atomic E-state index is 5.80. The molecule has 1 N–H and O–H groups in total. The molecule has 0 spiro atoms. The molecule has 0 saturated carbocycles. The van der Waals surface area contributed by atoms with E-state index >= 15 is 0 Å². The summed E-state index contributed by atoms with van der Waals surface area (Å²) in [5.74, 6) is 0.846. The first-order valence-corrected chi connectivity index (χ1v) is 6.57. The first kappa shape index (κ1) is 13.5. The van der Waals surface area contributed by atoms with E-state index in [1.165, 1.54) is 0 Å². The Morgan fingerprint density at radius 3 is 3.00 bits per heavy atom. The van der Waals surface area contributed by atoms with Crippen LogP contribution in [0.15, 0.2) is 30.6 Å². The van der Waals surface area contributed by atoms with Crippen LogP contribution in [0, 0.1) is 6.92 Å². The highest BCUT2D eigenvalue weighted by atomic mass is 16.5. The molecule has 2 aromatic heterocycles. The maximum absolute atomic E-state index is 5.80. The monoisotopic (exact) mass is 260 g/mol. The smallest absolute Gasteiger partial charge is 0.142 e. The van der Waals surface area contributed by atoms with E-state index in [9.17, 15) is 0 Å². The lowest BCUT2D eigenvalue weighted by Crippen LogP contribution is -2.16. The third-order valence-corrected chi connectivity index (χ3v) is 2.75. The van der Waals surface area contributed by atoms with Crippen molar-refractivity contribution in [2.75, 3.05) is 13.2 Å². The molecule has 2 heterocycles. The Kier molecular flexibility index (Phi) is 4.92. The van der Waals surface area contributed by atoms with Crippen LogP contribution in [0.5, 0.6) is 5.75 Å². The number of ether oxygens (including phenoxy) is 1. The summed E-state index contributed by atoms with van der Waals surface area (Å²) in [7, 11) is 0. The molecular weight excluding hydrogens is 240 g/mol. The van der Waals surface area contributed by atoms with Gasteiger partial charge in [0.25, 0.3) is 0 Å². The number of rotatable bonds is 7. The van der Waals surface area contributed by atoms with Crippen molar-refractivity contribution in [1.82, 2.24) is 20.1 Å². The Bertz CT molecular complexity index is 496. The zero-order chi connectivity index (χ0) is 13.5. The predicted molar refractivity (Wildman–Crippen MR) is 74.1 cm³/mol. The van der Waals surface area contributed by atoms with Crippen LogP contribution in [0.2, 0.25) is 0 Å². The molecule has 0 atom stereocenters. The highest BCUT2D eigenvalue weighted by Crippen LogP contribution is 2.16.